The molecule has 5 nitrogen and oxygen atoms in total. The minimum atomic E-state index is 0.726. The fourth-order valence-electron chi connectivity index (χ4n) is 2.17. The third kappa shape index (κ3) is 1.48. The van der Waals surface area contributed by atoms with Crippen molar-refractivity contribution >= 4 is 16.7 Å². The van der Waals surface area contributed by atoms with Gasteiger partial charge in [0.1, 0.15) is 17.7 Å². The fourth-order valence-corrected chi connectivity index (χ4v) is 2.17. The van der Waals surface area contributed by atoms with E-state index in [1.807, 2.05) is 46.9 Å². The van der Waals surface area contributed by atoms with Crippen LogP contribution in [0.3, 0.4) is 0 Å². The highest BCUT2D eigenvalue weighted by molar-refractivity contribution is 5.88. The molecule has 0 atom stereocenters. The molecule has 0 fully saturated rings. The molecule has 0 unspecified atom stereocenters. The quantitative estimate of drug-likeness (QED) is 0.518. The molecule has 5 heteroatoms. The largest absolute Gasteiger partial charge is 0.263 e. The van der Waals surface area contributed by atoms with Crippen LogP contribution in [0.25, 0.3) is 28.1 Å². The van der Waals surface area contributed by atoms with Gasteiger partial charge in [0, 0.05) is 11.8 Å². The van der Waals surface area contributed by atoms with Crippen molar-refractivity contribution in [3.05, 3.63) is 55.0 Å². The lowest BCUT2D eigenvalue weighted by atomic mass is 10.2. The van der Waals surface area contributed by atoms with E-state index in [2.05, 4.69) is 20.2 Å². The Balaban J connectivity index is 2.17. The molecule has 0 aliphatic rings. The van der Waals surface area contributed by atoms with E-state index in [9.17, 15) is 0 Å². The first kappa shape index (κ1) is 10.1. The SMILES string of the molecule is c1ccc(-c2nc3cccnc3c3nncn23)cc1. The Morgan fingerprint density at radius 1 is 0.947 bits per heavy atom. The molecule has 0 saturated heterocycles. The molecule has 0 saturated carbocycles. The van der Waals surface area contributed by atoms with Crippen molar-refractivity contribution in [3.8, 4) is 11.4 Å². The maximum absolute atomic E-state index is 4.67. The van der Waals surface area contributed by atoms with Crippen LogP contribution in [-0.4, -0.2) is 24.6 Å². The lowest BCUT2D eigenvalue weighted by molar-refractivity contribution is 1.09. The summed E-state index contributed by atoms with van der Waals surface area (Å²) in [6.45, 7) is 0. The molecule has 19 heavy (non-hydrogen) atoms. The van der Waals surface area contributed by atoms with E-state index >= 15 is 0 Å². The van der Waals surface area contributed by atoms with Gasteiger partial charge in [0.15, 0.2) is 5.65 Å². The Labute approximate surface area is 108 Å². The first-order valence-corrected chi connectivity index (χ1v) is 5.93. The van der Waals surface area contributed by atoms with Gasteiger partial charge in [-0.25, -0.2) is 4.98 Å². The highest BCUT2D eigenvalue weighted by atomic mass is 15.2. The normalized spacial score (nSPS) is 11.2. The number of aromatic nitrogens is 5. The topological polar surface area (TPSA) is 56.0 Å². The van der Waals surface area contributed by atoms with Crippen LogP contribution in [0.2, 0.25) is 0 Å². The predicted octanol–water partition coefficient (Wildman–Crippen LogP) is 2.34. The molecular weight excluding hydrogens is 238 g/mol. The van der Waals surface area contributed by atoms with Crippen LogP contribution < -0.4 is 0 Å². The number of fused-ring (bicyclic) bond motifs is 3. The minimum Gasteiger partial charge on any atom is -0.263 e. The van der Waals surface area contributed by atoms with Gasteiger partial charge in [0.05, 0.1) is 5.52 Å². The number of hydrogen-bond acceptors (Lipinski definition) is 4. The average molecular weight is 247 g/mol. The zero-order valence-electron chi connectivity index (χ0n) is 9.93. The maximum Gasteiger partial charge on any atom is 0.190 e. The van der Waals surface area contributed by atoms with Crippen LogP contribution >= 0.6 is 0 Å². The van der Waals surface area contributed by atoms with Crippen molar-refractivity contribution in [1.29, 1.82) is 0 Å². The molecule has 4 rings (SSSR count). The maximum atomic E-state index is 4.67. The van der Waals surface area contributed by atoms with Gasteiger partial charge in [-0.3, -0.25) is 9.38 Å². The Morgan fingerprint density at radius 3 is 2.74 bits per heavy atom. The fraction of sp³-hybridized carbons (Fsp3) is 0. The molecule has 4 aromatic rings. The van der Waals surface area contributed by atoms with Crippen molar-refractivity contribution in [2.75, 3.05) is 0 Å². The molecular formula is C14H9N5. The van der Waals surface area contributed by atoms with Gasteiger partial charge < -0.3 is 0 Å². The summed E-state index contributed by atoms with van der Waals surface area (Å²) in [5, 5.41) is 8.11. The zero-order chi connectivity index (χ0) is 12.7. The molecule has 1 aromatic carbocycles. The van der Waals surface area contributed by atoms with Crippen LogP contribution in [0.15, 0.2) is 55.0 Å². The van der Waals surface area contributed by atoms with E-state index in [1.165, 1.54) is 0 Å². The lowest BCUT2D eigenvalue weighted by Gasteiger charge is -2.06. The highest BCUT2D eigenvalue weighted by Gasteiger charge is 2.11. The third-order valence-electron chi connectivity index (χ3n) is 3.03. The summed E-state index contributed by atoms with van der Waals surface area (Å²) in [6.07, 6.45) is 3.40. The molecule has 0 radical (unpaired) electrons. The molecule has 0 aliphatic heterocycles. The molecule has 90 valence electrons. The molecule has 0 bridgehead atoms. The van der Waals surface area contributed by atoms with E-state index in [-0.39, 0.29) is 0 Å². The minimum absolute atomic E-state index is 0.726. The van der Waals surface area contributed by atoms with E-state index in [4.69, 9.17) is 0 Å². The Kier molecular flexibility index (Phi) is 2.05. The van der Waals surface area contributed by atoms with Crippen LogP contribution in [0.1, 0.15) is 0 Å². The van der Waals surface area contributed by atoms with Gasteiger partial charge in [0.25, 0.3) is 0 Å². The van der Waals surface area contributed by atoms with Crippen molar-refractivity contribution in [2.24, 2.45) is 0 Å². The van der Waals surface area contributed by atoms with Crippen LogP contribution in [0, 0.1) is 0 Å². The molecule has 0 spiro atoms. The number of rotatable bonds is 1. The molecule has 3 aromatic heterocycles. The van der Waals surface area contributed by atoms with E-state index in [0.717, 1.165) is 28.1 Å². The van der Waals surface area contributed by atoms with Crippen molar-refractivity contribution in [1.82, 2.24) is 24.6 Å². The van der Waals surface area contributed by atoms with Gasteiger partial charge >= 0.3 is 0 Å². The lowest BCUT2D eigenvalue weighted by Crippen LogP contribution is -1.97. The molecule has 0 N–H and O–H groups in total. The van der Waals surface area contributed by atoms with E-state index in [0.29, 0.717) is 0 Å². The first-order valence-electron chi connectivity index (χ1n) is 5.93. The van der Waals surface area contributed by atoms with Crippen LogP contribution in [0.4, 0.5) is 0 Å². The second-order valence-electron chi connectivity index (χ2n) is 4.20. The molecule has 0 amide bonds. The zero-order valence-corrected chi connectivity index (χ0v) is 9.93. The van der Waals surface area contributed by atoms with Crippen molar-refractivity contribution in [2.45, 2.75) is 0 Å². The second kappa shape index (κ2) is 3.84. The standard InChI is InChI=1S/C14H9N5/c1-2-5-10(6-3-1)13-17-11-7-4-8-15-12(11)14-18-16-9-19(13)14/h1-9H. The van der Waals surface area contributed by atoms with Gasteiger partial charge in [-0.1, -0.05) is 30.3 Å². The van der Waals surface area contributed by atoms with Gasteiger partial charge in [-0.2, -0.15) is 0 Å². The second-order valence-corrected chi connectivity index (χ2v) is 4.20. The van der Waals surface area contributed by atoms with Crippen molar-refractivity contribution < 1.29 is 0 Å². The number of pyridine rings is 1. The van der Waals surface area contributed by atoms with Gasteiger partial charge in [-0.05, 0) is 12.1 Å². The summed E-state index contributed by atoms with van der Waals surface area (Å²) >= 11 is 0. The van der Waals surface area contributed by atoms with Crippen LogP contribution in [-0.2, 0) is 0 Å². The monoisotopic (exact) mass is 247 g/mol. The number of nitrogens with zero attached hydrogens (tertiary/aromatic N) is 5. The van der Waals surface area contributed by atoms with E-state index in [1.54, 1.807) is 12.5 Å². The summed E-state index contributed by atoms with van der Waals surface area (Å²) in [5.74, 6) is 0.820. The van der Waals surface area contributed by atoms with E-state index < -0.39 is 0 Å². The number of benzene rings is 1. The summed E-state index contributed by atoms with van der Waals surface area (Å²) in [4.78, 5) is 9.00. The van der Waals surface area contributed by atoms with Gasteiger partial charge in [0.2, 0.25) is 0 Å². The smallest absolute Gasteiger partial charge is 0.190 e. The van der Waals surface area contributed by atoms with Crippen molar-refractivity contribution in [3.63, 3.8) is 0 Å². The van der Waals surface area contributed by atoms with Crippen LogP contribution in [0.5, 0.6) is 0 Å². The average Bonchev–Trinajstić information content (AvgIpc) is 2.97. The first-order chi connectivity index (χ1) is 9.43. The Bertz CT molecular complexity index is 867. The highest BCUT2D eigenvalue weighted by Crippen LogP contribution is 2.22. The van der Waals surface area contributed by atoms with Gasteiger partial charge in [-0.15, -0.1) is 10.2 Å². The Morgan fingerprint density at radius 2 is 1.84 bits per heavy atom. The molecule has 3 heterocycles. The molecule has 0 aliphatic carbocycles. The Hall–Kier alpha value is -2.82. The summed E-state index contributed by atoms with van der Waals surface area (Å²) in [7, 11) is 0. The summed E-state index contributed by atoms with van der Waals surface area (Å²) in [6, 6.07) is 13.8. The summed E-state index contributed by atoms with van der Waals surface area (Å²) < 4.78 is 1.87. The summed E-state index contributed by atoms with van der Waals surface area (Å²) in [5.41, 5.74) is 3.34. The predicted molar refractivity (Wildman–Crippen MR) is 71.5 cm³/mol. The third-order valence-corrected chi connectivity index (χ3v) is 3.03. The number of hydrogen-bond donors (Lipinski definition) is 0.